The number of thioether (sulfide) groups is 1. The number of hydrogen-bond donors (Lipinski definition) is 1. The monoisotopic (exact) mass is 177 g/mol. The second-order valence-electron chi connectivity index (χ2n) is 2.58. The Bertz CT molecular complexity index is 80.5. The van der Waals surface area contributed by atoms with Gasteiger partial charge in [0, 0.05) is 18.9 Å². The molecule has 1 unspecified atom stereocenters. The van der Waals surface area contributed by atoms with Gasteiger partial charge >= 0.3 is 0 Å². The van der Waals surface area contributed by atoms with E-state index >= 15 is 0 Å². The van der Waals surface area contributed by atoms with Gasteiger partial charge in [0.25, 0.3) is 0 Å². The van der Waals surface area contributed by atoms with Gasteiger partial charge in [0.05, 0.1) is 6.61 Å². The first-order chi connectivity index (χ1) is 5.31. The molecule has 0 bridgehead atoms. The standard InChI is InChI=1S/C8H19NOS/c1-8(9-2)4-6-11-7-5-10-3/h8-9H,4-7H2,1-3H3. The Kier molecular flexibility index (Phi) is 8.57. The average molecular weight is 177 g/mol. The van der Waals surface area contributed by atoms with Crippen LogP contribution >= 0.6 is 11.8 Å². The van der Waals surface area contributed by atoms with Crippen molar-refractivity contribution in [3.8, 4) is 0 Å². The van der Waals surface area contributed by atoms with Crippen LogP contribution < -0.4 is 5.32 Å². The lowest BCUT2D eigenvalue weighted by Crippen LogP contribution is -2.21. The molecule has 0 heterocycles. The van der Waals surface area contributed by atoms with Crippen LogP contribution in [0.15, 0.2) is 0 Å². The number of hydrogen-bond acceptors (Lipinski definition) is 3. The van der Waals surface area contributed by atoms with E-state index in [1.807, 2.05) is 18.8 Å². The quantitative estimate of drug-likeness (QED) is 0.593. The molecule has 0 fully saturated rings. The molecule has 0 spiro atoms. The van der Waals surface area contributed by atoms with E-state index in [4.69, 9.17) is 4.74 Å². The Balaban J connectivity index is 2.89. The largest absolute Gasteiger partial charge is 0.384 e. The van der Waals surface area contributed by atoms with Crippen LogP contribution in [0.4, 0.5) is 0 Å². The summed E-state index contributed by atoms with van der Waals surface area (Å²) in [6.07, 6.45) is 1.24. The zero-order valence-corrected chi connectivity index (χ0v) is 8.54. The molecule has 0 radical (unpaired) electrons. The lowest BCUT2D eigenvalue weighted by atomic mass is 10.3. The van der Waals surface area contributed by atoms with Crippen molar-refractivity contribution in [2.75, 3.05) is 32.3 Å². The van der Waals surface area contributed by atoms with Gasteiger partial charge in [-0.05, 0) is 26.1 Å². The molecule has 0 aliphatic heterocycles. The van der Waals surface area contributed by atoms with Gasteiger partial charge in [-0.15, -0.1) is 0 Å². The molecule has 0 aromatic rings. The van der Waals surface area contributed by atoms with Crippen LogP contribution in [0.3, 0.4) is 0 Å². The summed E-state index contributed by atoms with van der Waals surface area (Å²) in [4.78, 5) is 0. The third-order valence-corrected chi connectivity index (χ3v) is 2.60. The molecule has 0 saturated heterocycles. The van der Waals surface area contributed by atoms with Gasteiger partial charge in [-0.1, -0.05) is 0 Å². The van der Waals surface area contributed by atoms with Crippen LogP contribution in [0.25, 0.3) is 0 Å². The Hall–Kier alpha value is 0.270. The van der Waals surface area contributed by atoms with Crippen molar-refractivity contribution >= 4 is 11.8 Å². The average Bonchev–Trinajstić information content (AvgIpc) is 2.04. The van der Waals surface area contributed by atoms with Crippen molar-refractivity contribution < 1.29 is 4.74 Å². The Morgan fingerprint density at radius 1 is 1.45 bits per heavy atom. The van der Waals surface area contributed by atoms with E-state index in [0.717, 1.165) is 12.4 Å². The number of ether oxygens (including phenoxy) is 1. The summed E-state index contributed by atoms with van der Waals surface area (Å²) in [6, 6.07) is 0.644. The molecule has 1 N–H and O–H groups in total. The van der Waals surface area contributed by atoms with Crippen LogP contribution in [-0.4, -0.2) is 38.3 Å². The Labute approximate surface area is 74.1 Å². The highest BCUT2D eigenvalue weighted by Crippen LogP contribution is 2.03. The van der Waals surface area contributed by atoms with Crippen LogP contribution in [0.1, 0.15) is 13.3 Å². The molecule has 0 aliphatic rings. The molecular weight excluding hydrogens is 158 g/mol. The third kappa shape index (κ3) is 8.17. The predicted octanol–water partition coefficient (Wildman–Crippen LogP) is 1.36. The van der Waals surface area contributed by atoms with Gasteiger partial charge in [0.2, 0.25) is 0 Å². The Morgan fingerprint density at radius 2 is 2.18 bits per heavy atom. The van der Waals surface area contributed by atoms with E-state index in [9.17, 15) is 0 Å². The molecular formula is C8H19NOS. The molecule has 2 nitrogen and oxygen atoms in total. The summed E-state index contributed by atoms with van der Waals surface area (Å²) in [5.41, 5.74) is 0. The van der Waals surface area contributed by atoms with Crippen molar-refractivity contribution in [2.45, 2.75) is 19.4 Å². The number of methoxy groups -OCH3 is 1. The summed E-state index contributed by atoms with van der Waals surface area (Å²) in [6.45, 7) is 3.08. The lowest BCUT2D eigenvalue weighted by Gasteiger charge is -2.08. The van der Waals surface area contributed by atoms with Gasteiger partial charge in [0.1, 0.15) is 0 Å². The molecule has 0 aromatic carbocycles. The second kappa shape index (κ2) is 8.37. The van der Waals surface area contributed by atoms with Gasteiger partial charge in [-0.3, -0.25) is 0 Å². The van der Waals surface area contributed by atoms with Crippen molar-refractivity contribution in [3.05, 3.63) is 0 Å². The van der Waals surface area contributed by atoms with Gasteiger partial charge in [-0.2, -0.15) is 11.8 Å². The van der Waals surface area contributed by atoms with E-state index in [1.165, 1.54) is 12.2 Å². The van der Waals surface area contributed by atoms with Crippen molar-refractivity contribution in [1.82, 2.24) is 5.32 Å². The highest BCUT2D eigenvalue weighted by molar-refractivity contribution is 7.99. The van der Waals surface area contributed by atoms with E-state index in [1.54, 1.807) is 7.11 Å². The maximum atomic E-state index is 4.94. The topological polar surface area (TPSA) is 21.3 Å². The molecule has 0 saturated carbocycles. The molecule has 68 valence electrons. The van der Waals surface area contributed by atoms with E-state index < -0.39 is 0 Å². The summed E-state index contributed by atoms with van der Waals surface area (Å²) in [7, 11) is 3.75. The molecule has 1 atom stereocenters. The first kappa shape index (κ1) is 11.3. The highest BCUT2D eigenvalue weighted by Gasteiger charge is 1.96. The molecule has 3 heteroatoms. The molecule has 0 aliphatic carbocycles. The number of rotatable bonds is 7. The van der Waals surface area contributed by atoms with Crippen LogP contribution in [0.2, 0.25) is 0 Å². The predicted molar refractivity (Wildman–Crippen MR) is 52.3 cm³/mol. The van der Waals surface area contributed by atoms with E-state index in [2.05, 4.69) is 12.2 Å². The zero-order valence-electron chi connectivity index (χ0n) is 7.72. The minimum atomic E-state index is 0.644. The van der Waals surface area contributed by atoms with Crippen LogP contribution in [0.5, 0.6) is 0 Å². The maximum Gasteiger partial charge on any atom is 0.0552 e. The van der Waals surface area contributed by atoms with E-state index in [-0.39, 0.29) is 0 Å². The first-order valence-electron chi connectivity index (χ1n) is 4.05. The number of nitrogens with one attached hydrogen (secondary N) is 1. The van der Waals surface area contributed by atoms with Crippen molar-refractivity contribution in [2.24, 2.45) is 0 Å². The fraction of sp³-hybridized carbons (Fsp3) is 1.00. The minimum absolute atomic E-state index is 0.644. The SMILES string of the molecule is CNC(C)CCSCCOC. The molecule has 0 rings (SSSR count). The van der Waals surface area contributed by atoms with Crippen molar-refractivity contribution in [3.63, 3.8) is 0 Å². The molecule has 11 heavy (non-hydrogen) atoms. The highest BCUT2D eigenvalue weighted by atomic mass is 32.2. The fourth-order valence-electron chi connectivity index (χ4n) is 0.649. The first-order valence-corrected chi connectivity index (χ1v) is 5.20. The summed E-state index contributed by atoms with van der Waals surface area (Å²) in [5.74, 6) is 2.35. The minimum Gasteiger partial charge on any atom is -0.384 e. The summed E-state index contributed by atoms with van der Waals surface area (Å²) in [5, 5.41) is 3.21. The fourth-order valence-corrected chi connectivity index (χ4v) is 1.66. The second-order valence-corrected chi connectivity index (χ2v) is 3.81. The lowest BCUT2D eigenvalue weighted by molar-refractivity contribution is 0.218. The van der Waals surface area contributed by atoms with E-state index in [0.29, 0.717) is 6.04 Å². The normalized spacial score (nSPS) is 13.4. The summed E-state index contributed by atoms with van der Waals surface area (Å²) < 4.78 is 4.94. The maximum absolute atomic E-state index is 4.94. The van der Waals surface area contributed by atoms with Crippen LogP contribution in [-0.2, 0) is 4.74 Å². The van der Waals surface area contributed by atoms with Gasteiger partial charge in [0.15, 0.2) is 0 Å². The summed E-state index contributed by atoms with van der Waals surface area (Å²) >= 11 is 1.96. The molecule has 0 amide bonds. The van der Waals surface area contributed by atoms with Crippen molar-refractivity contribution in [1.29, 1.82) is 0 Å². The van der Waals surface area contributed by atoms with Gasteiger partial charge < -0.3 is 10.1 Å². The Morgan fingerprint density at radius 3 is 2.73 bits per heavy atom. The zero-order chi connectivity index (χ0) is 8.53. The smallest absolute Gasteiger partial charge is 0.0552 e. The van der Waals surface area contributed by atoms with Crippen LogP contribution in [0, 0.1) is 0 Å². The van der Waals surface area contributed by atoms with Gasteiger partial charge in [-0.25, -0.2) is 0 Å². The molecule has 0 aromatic heterocycles. The third-order valence-electron chi connectivity index (χ3n) is 1.62.